The van der Waals surface area contributed by atoms with E-state index >= 15 is 0 Å². The quantitative estimate of drug-likeness (QED) is 0.441. The summed E-state index contributed by atoms with van der Waals surface area (Å²) in [7, 11) is 0. The molecule has 0 amide bonds. The maximum absolute atomic E-state index is 9.44. The highest BCUT2D eigenvalue weighted by atomic mass is 35.5. The molecule has 1 aromatic carbocycles. The van der Waals surface area contributed by atoms with Crippen molar-refractivity contribution in [2.24, 2.45) is 0 Å². The molecule has 1 heterocycles. The van der Waals surface area contributed by atoms with E-state index in [0.29, 0.717) is 23.3 Å². The number of nitrogen functional groups attached to an aromatic ring is 1. The van der Waals surface area contributed by atoms with Crippen molar-refractivity contribution in [2.45, 2.75) is 6.54 Å². The Morgan fingerprint density at radius 3 is 2.88 bits per heavy atom. The Kier molecular flexibility index (Phi) is 3.30. The third-order valence-electron chi connectivity index (χ3n) is 2.17. The van der Waals surface area contributed by atoms with Gasteiger partial charge in [0.25, 0.3) is 0 Å². The Hall–Kier alpha value is -2.01. The number of hydrogen-bond donors (Lipinski definition) is 3. The molecule has 0 fully saturated rings. The Balaban J connectivity index is 2.05. The highest BCUT2D eigenvalue weighted by molar-refractivity contribution is 6.29. The number of aromatic hydroxyl groups is 1. The monoisotopic (exact) mass is 250 g/mol. The average Bonchev–Trinajstić information content (AvgIpc) is 2.31. The van der Waals surface area contributed by atoms with Crippen LogP contribution in [0.4, 0.5) is 11.6 Å². The molecule has 1 aromatic heterocycles. The third kappa shape index (κ3) is 2.98. The van der Waals surface area contributed by atoms with Crippen LogP contribution in [0.25, 0.3) is 0 Å². The van der Waals surface area contributed by atoms with Crippen LogP contribution < -0.4 is 11.1 Å². The van der Waals surface area contributed by atoms with Gasteiger partial charge in [-0.2, -0.15) is 0 Å². The van der Waals surface area contributed by atoms with Crippen molar-refractivity contribution in [1.82, 2.24) is 9.97 Å². The molecule has 6 heteroatoms. The van der Waals surface area contributed by atoms with E-state index in [2.05, 4.69) is 15.3 Å². The van der Waals surface area contributed by atoms with E-state index in [1.807, 2.05) is 6.07 Å². The molecule has 0 atom stereocenters. The molecule has 2 rings (SSSR count). The third-order valence-corrected chi connectivity index (χ3v) is 2.38. The summed E-state index contributed by atoms with van der Waals surface area (Å²) in [6.45, 7) is 0.480. The first-order chi connectivity index (χ1) is 8.15. The van der Waals surface area contributed by atoms with Gasteiger partial charge in [-0.15, -0.1) is 0 Å². The minimum Gasteiger partial charge on any atom is -0.506 e. The van der Waals surface area contributed by atoms with E-state index in [1.54, 1.807) is 24.4 Å². The summed E-state index contributed by atoms with van der Waals surface area (Å²) in [6.07, 6.45) is 1.57. The molecule has 0 aliphatic rings. The number of benzene rings is 1. The van der Waals surface area contributed by atoms with Gasteiger partial charge in [0.1, 0.15) is 10.9 Å². The van der Waals surface area contributed by atoms with Crippen molar-refractivity contribution < 1.29 is 5.11 Å². The van der Waals surface area contributed by atoms with E-state index in [-0.39, 0.29) is 5.75 Å². The van der Waals surface area contributed by atoms with Crippen molar-refractivity contribution in [2.75, 3.05) is 11.1 Å². The molecule has 0 saturated heterocycles. The molecule has 0 aliphatic carbocycles. The number of nitrogens with two attached hydrogens (primary N) is 1. The van der Waals surface area contributed by atoms with Gasteiger partial charge in [0.2, 0.25) is 5.95 Å². The van der Waals surface area contributed by atoms with Gasteiger partial charge >= 0.3 is 0 Å². The first-order valence-electron chi connectivity index (χ1n) is 4.95. The summed E-state index contributed by atoms with van der Waals surface area (Å²) in [5.41, 5.74) is 6.73. The Morgan fingerprint density at radius 1 is 1.35 bits per heavy atom. The Morgan fingerprint density at radius 2 is 2.18 bits per heavy atom. The largest absolute Gasteiger partial charge is 0.506 e. The number of hydrogen-bond acceptors (Lipinski definition) is 5. The summed E-state index contributed by atoms with van der Waals surface area (Å²) in [4.78, 5) is 7.99. The summed E-state index contributed by atoms with van der Waals surface area (Å²) >= 11 is 5.72. The minimum atomic E-state index is 0.0660. The molecule has 88 valence electrons. The van der Waals surface area contributed by atoms with Crippen molar-refractivity contribution in [1.29, 1.82) is 0 Å². The van der Waals surface area contributed by atoms with Crippen LogP contribution in [0.15, 0.2) is 30.5 Å². The van der Waals surface area contributed by atoms with Crippen molar-refractivity contribution in [3.05, 3.63) is 41.2 Å². The summed E-state index contributed by atoms with van der Waals surface area (Å²) < 4.78 is 0. The molecular weight excluding hydrogens is 240 g/mol. The van der Waals surface area contributed by atoms with E-state index < -0.39 is 0 Å². The van der Waals surface area contributed by atoms with Crippen LogP contribution in [0.1, 0.15) is 5.56 Å². The lowest BCUT2D eigenvalue weighted by atomic mass is 10.2. The molecule has 17 heavy (non-hydrogen) atoms. The van der Waals surface area contributed by atoms with Gasteiger partial charge in [0.15, 0.2) is 0 Å². The van der Waals surface area contributed by atoms with E-state index in [4.69, 9.17) is 17.3 Å². The molecule has 0 saturated carbocycles. The molecule has 0 radical (unpaired) electrons. The van der Waals surface area contributed by atoms with Crippen LogP contribution in [0.2, 0.25) is 5.15 Å². The molecule has 5 nitrogen and oxygen atoms in total. The molecule has 2 aromatic rings. The molecule has 0 aliphatic heterocycles. The molecule has 0 unspecified atom stereocenters. The van der Waals surface area contributed by atoms with Gasteiger partial charge in [-0.3, -0.25) is 0 Å². The first kappa shape index (κ1) is 11.5. The summed E-state index contributed by atoms with van der Waals surface area (Å²) in [5, 5.41) is 12.8. The van der Waals surface area contributed by atoms with Crippen LogP contribution >= 0.6 is 11.6 Å². The lowest BCUT2D eigenvalue weighted by Gasteiger charge is -2.06. The fourth-order valence-corrected chi connectivity index (χ4v) is 1.44. The minimum absolute atomic E-state index is 0.0660. The van der Waals surface area contributed by atoms with Gasteiger partial charge in [-0.05, 0) is 23.8 Å². The second kappa shape index (κ2) is 4.88. The SMILES string of the molecule is Nc1ccc(CNc2nccc(Cl)n2)cc1O. The summed E-state index contributed by atoms with van der Waals surface area (Å²) in [6, 6.07) is 6.65. The maximum Gasteiger partial charge on any atom is 0.224 e. The van der Waals surface area contributed by atoms with Crippen LogP contribution in [-0.2, 0) is 6.54 Å². The van der Waals surface area contributed by atoms with Crippen molar-refractivity contribution in [3.8, 4) is 5.75 Å². The molecule has 0 bridgehead atoms. The fourth-order valence-electron chi connectivity index (χ4n) is 1.30. The lowest BCUT2D eigenvalue weighted by molar-refractivity contribution is 0.477. The number of nitrogens with one attached hydrogen (secondary N) is 1. The first-order valence-corrected chi connectivity index (χ1v) is 5.33. The van der Waals surface area contributed by atoms with Crippen LogP contribution in [0.3, 0.4) is 0 Å². The van der Waals surface area contributed by atoms with Gasteiger partial charge in [-0.1, -0.05) is 17.7 Å². The van der Waals surface area contributed by atoms with E-state index in [0.717, 1.165) is 5.56 Å². The van der Waals surface area contributed by atoms with Gasteiger partial charge < -0.3 is 16.2 Å². The normalized spacial score (nSPS) is 10.2. The van der Waals surface area contributed by atoms with Crippen molar-refractivity contribution >= 4 is 23.2 Å². The highest BCUT2D eigenvalue weighted by Gasteiger charge is 2.01. The van der Waals surface area contributed by atoms with Crippen LogP contribution in [0, 0.1) is 0 Å². The zero-order chi connectivity index (χ0) is 12.3. The fraction of sp³-hybridized carbons (Fsp3) is 0.0909. The molecule has 0 spiro atoms. The van der Waals surface area contributed by atoms with Crippen molar-refractivity contribution in [3.63, 3.8) is 0 Å². The van der Waals surface area contributed by atoms with Gasteiger partial charge in [0.05, 0.1) is 5.69 Å². The molecular formula is C11H11ClN4O. The molecule has 4 N–H and O–H groups in total. The topological polar surface area (TPSA) is 84.1 Å². The number of phenols is 1. The van der Waals surface area contributed by atoms with Gasteiger partial charge in [-0.25, -0.2) is 9.97 Å². The number of phenolic OH excluding ortho intramolecular Hbond substituents is 1. The lowest BCUT2D eigenvalue weighted by Crippen LogP contribution is -2.03. The maximum atomic E-state index is 9.44. The number of anilines is 2. The number of rotatable bonds is 3. The number of halogens is 1. The number of aromatic nitrogens is 2. The second-order valence-electron chi connectivity index (χ2n) is 3.45. The zero-order valence-corrected chi connectivity index (χ0v) is 9.65. The average molecular weight is 251 g/mol. The highest BCUT2D eigenvalue weighted by Crippen LogP contribution is 2.20. The van der Waals surface area contributed by atoms with Gasteiger partial charge in [0, 0.05) is 12.7 Å². The Labute approximate surface area is 103 Å². The zero-order valence-electron chi connectivity index (χ0n) is 8.89. The van der Waals surface area contributed by atoms with E-state index in [1.165, 1.54) is 0 Å². The smallest absolute Gasteiger partial charge is 0.224 e. The standard InChI is InChI=1S/C11H11ClN4O/c12-10-3-4-14-11(16-10)15-6-7-1-2-8(13)9(17)5-7/h1-5,17H,6,13H2,(H,14,15,16). The van der Waals surface area contributed by atoms with Crippen LogP contribution in [0.5, 0.6) is 5.75 Å². The van der Waals surface area contributed by atoms with E-state index in [9.17, 15) is 5.11 Å². The summed E-state index contributed by atoms with van der Waals surface area (Å²) in [5.74, 6) is 0.505. The number of nitrogens with zero attached hydrogens (tertiary/aromatic N) is 2. The predicted molar refractivity (Wildman–Crippen MR) is 66.9 cm³/mol. The second-order valence-corrected chi connectivity index (χ2v) is 3.84. The predicted octanol–water partition coefficient (Wildman–Crippen LogP) is 2.03. The van der Waals surface area contributed by atoms with Crippen LogP contribution in [-0.4, -0.2) is 15.1 Å². The Bertz CT molecular complexity index is 533.